The van der Waals surface area contributed by atoms with Gasteiger partial charge in [0.25, 0.3) is 0 Å². The molecule has 0 aliphatic carbocycles. The average Bonchev–Trinajstić information content (AvgIpc) is 2.66. The number of benzene rings is 1. The smallest absolute Gasteiger partial charge is 0.221 e. The first-order valence-corrected chi connectivity index (χ1v) is 5.78. The molecule has 0 atom stereocenters. The number of fused-ring (bicyclic) bond motifs is 1. The summed E-state index contributed by atoms with van der Waals surface area (Å²) < 4.78 is 24.4. The van der Waals surface area contributed by atoms with Crippen LogP contribution in [0.2, 0.25) is 0 Å². The number of hydrogen-bond donors (Lipinski definition) is 0. The van der Waals surface area contributed by atoms with E-state index < -0.39 is 0 Å². The van der Waals surface area contributed by atoms with Crippen molar-refractivity contribution in [3.8, 4) is 0 Å². The monoisotopic (exact) mass is 237 g/mol. The van der Waals surface area contributed by atoms with Gasteiger partial charge in [0.05, 0.1) is 0 Å². The number of oxazole rings is 1. The topological polar surface area (TPSA) is 35.3 Å². The van der Waals surface area contributed by atoms with Gasteiger partial charge in [-0.1, -0.05) is 13.8 Å². The number of ether oxygens (including phenoxy) is 1. The predicted octanol–water partition coefficient (Wildman–Crippen LogP) is 3.63. The van der Waals surface area contributed by atoms with Crippen molar-refractivity contribution in [2.75, 3.05) is 6.61 Å². The Morgan fingerprint density at radius 1 is 1.41 bits per heavy atom. The van der Waals surface area contributed by atoms with Gasteiger partial charge in [-0.05, 0) is 24.5 Å². The quantitative estimate of drug-likeness (QED) is 0.814. The first-order valence-electron chi connectivity index (χ1n) is 5.78. The Labute approximate surface area is 99.6 Å². The Bertz CT molecular complexity index is 519. The van der Waals surface area contributed by atoms with Gasteiger partial charge in [-0.3, -0.25) is 0 Å². The van der Waals surface area contributed by atoms with Gasteiger partial charge in [0.2, 0.25) is 5.89 Å². The highest BCUT2D eigenvalue weighted by Crippen LogP contribution is 2.25. The minimum Gasteiger partial charge on any atom is -0.438 e. The summed E-state index contributed by atoms with van der Waals surface area (Å²) in [4.78, 5) is 4.18. The molecule has 2 rings (SSSR count). The molecule has 0 aliphatic rings. The van der Waals surface area contributed by atoms with Crippen LogP contribution in [-0.4, -0.2) is 11.6 Å². The lowest BCUT2D eigenvalue weighted by molar-refractivity contribution is 0.116. The Morgan fingerprint density at radius 3 is 2.82 bits per heavy atom. The fraction of sp³-hybridized carbons (Fsp3) is 0.462. The van der Waals surface area contributed by atoms with E-state index in [1.54, 1.807) is 6.07 Å². The first kappa shape index (κ1) is 12.0. The van der Waals surface area contributed by atoms with E-state index in [0.29, 0.717) is 35.8 Å². The molecule has 4 heteroatoms. The van der Waals surface area contributed by atoms with Crippen LogP contribution in [0.25, 0.3) is 11.1 Å². The molecule has 0 radical (unpaired) electrons. The van der Waals surface area contributed by atoms with Crippen molar-refractivity contribution in [3.63, 3.8) is 0 Å². The van der Waals surface area contributed by atoms with Crippen LogP contribution in [0, 0.1) is 5.82 Å². The Morgan fingerprint density at radius 2 is 2.18 bits per heavy atom. The van der Waals surface area contributed by atoms with Crippen LogP contribution >= 0.6 is 0 Å². The van der Waals surface area contributed by atoms with Crippen LogP contribution < -0.4 is 0 Å². The number of rotatable bonds is 4. The summed E-state index contributed by atoms with van der Waals surface area (Å²) in [6.45, 7) is 6.72. The maximum atomic E-state index is 13.7. The van der Waals surface area contributed by atoms with E-state index >= 15 is 0 Å². The Kier molecular flexibility index (Phi) is 3.43. The van der Waals surface area contributed by atoms with E-state index in [2.05, 4.69) is 4.98 Å². The van der Waals surface area contributed by atoms with Gasteiger partial charge in [-0.2, -0.15) is 0 Å². The summed E-state index contributed by atoms with van der Waals surface area (Å²) in [5.74, 6) is 0.380. The number of halogens is 1. The molecular weight excluding hydrogens is 221 g/mol. The first-order chi connectivity index (χ1) is 8.11. The van der Waals surface area contributed by atoms with Crippen molar-refractivity contribution in [1.82, 2.24) is 4.98 Å². The molecule has 3 nitrogen and oxygen atoms in total. The molecule has 0 N–H and O–H groups in total. The van der Waals surface area contributed by atoms with Gasteiger partial charge >= 0.3 is 0 Å². The molecule has 92 valence electrons. The fourth-order valence-corrected chi connectivity index (χ4v) is 1.71. The second-order valence-corrected chi connectivity index (χ2v) is 4.24. The molecule has 0 bridgehead atoms. The van der Waals surface area contributed by atoms with E-state index in [-0.39, 0.29) is 11.7 Å². The van der Waals surface area contributed by atoms with Gasteiger partial charge in [0.1, 0.15) is 17.9 Å². The van der Waals surface area contributed by atoms with Gasteiger partial charge in [-0.15, -0.1) is 0 Å². The molecule has 1 aromatic heterocycles. The van der Waals surface area contributed by atoms with E-state index in [1.807, 2.05) is 20.8 Å². The van der Waals surface area contributed by atoms with Crippen molar-refractivity contribution in [2.45, 2.75) is 33.3 Å². The third kappa shape index (κ3) is 2.47. The van der Waals surface area contributed by atoms with Gasteiger partial charge < -0.3 is 9.15 Å². The Hall–Kier alpha value is -1.42. The number of nitrogens with zero attached hydrogens (tertiary/aromatic N) is 1. The van der Waals surface area contributed by atoms with Gasteiger partial charge in [-0.25, -0.2) is 9.37 Å². The molecule has 2 aromatic rings. The highest BCUT2D eigenvalue weighted by atomic mass is 19.1. The van der Waals surface area contributed by atoms with Crippen LogP contribution in [0.15, 0.2) is 16.5 Å². The summed E-state index contributed by atoms with van der Waals surface area (Å²) in [5, 5.41) is 0. The van der Waals surface area contributed by atoms with Crippen LogP contribution in [0.3, 0.4) is 0 Å². The fourth-order valence-electron chi connectivity index (χ4n) is 1.71. The van der Waals surface area contributed by atoms with Crippen LogP contribution in [0.4, 0.5) is 4.39 Å². The number of hydrogen-bond acceptors (Lipinski definition) is 3. The lowest BCUT2D eigenvalue weighted by Crippen LogP contribution is -1.92. The summed E-state index contributed by atoms with van der Waals surface area (Å²) in [5.41, 5.74) is 1.81. The third-order valence-electron chi connectivity index (χ3n) is 2.60. The zero-order valence-electron chi connectivity index (χ0n) is 10.3. The standard InChI is InChI=1S/C13H16FNO2/c1-4-16-7-13-15-11-6-10(14)9(8(2)3)5-12(11)17-13/h5-6,8H,4,7H2,1-3H3. The van der Waals surface area contributed by atoms with Crippen molar-refractivity contribution in [2.24, 2.45) is 0 Å². The zero-order valence-corrected chi connectivity index (χ0v) is 10.3. The van der Waals surface area contributed by atoms with E-state index in [4.69, 9.17) is 9.15 Å². The van der Waals surface area contributed by atoms with E-state index in [0.717, 1.165) is 0 Å². The number of aromatic nitrogens is 1. The summed E-state index contributed by atoms with van der Waals surface area (Å²) >= 11 is 0. The molecule has 1 heterocycles. The lowest BCUT2D eigenvalue weighted by atomic mass is 10.0. The van der Waals surface area contributed by atoms with Crippen LogP contribution in [0.5, 0.6) is 0 Å². The molecule has 0 spiro atoms. The third-order valence-corrected chi connectivity index (χ3v) is 2.60. The normalized spacial score (nSPS) is 11.6. The van der Waals surface area contributed by atoms with Crippen molar-refractivity contribution in [3.05, 3.63) is 29.4 Å². The Balaban J connectivity index is 2.40. The summed E-state index contributed by atoms with van der Waals surface area (Å²) in [6.07, 6.45) is 0. The largest absolute Gasteiger partial charge is 0.438 e. The minimum absolute atomic E-state index is 0.125. The van der Waals surface area contributed by atoms with E-state index in [1.165, 1.54) is 6.07 Å². The summed E-state index contributed by atoms with van der Waals surface area (Å²) in [7, 11) is 0. The van der Waals surface area contributed by atoms with Crippen LogP contribution in [-0.2, 0) is 11.3 Å². The molecule has 0 amide bonds. The highest BCUT2D eigenvalue weighted by Gasteiger charge is 2.12. The molecule has 0 aliphatic heterocycles. The molecule has 0 fully saturated rings. The molecule has 0 saturated carbocycles. The molecule has 0 saturated heterocycles. The molecule has 1 aromatic carbocycles. The second kappa shape index (κ2) is 4.84. The van der Waals surface area contributed by atoms with Crippen molar-refractivity contribution >= 4 is 11.1 Å². The molecular formula is C13H16FNO2. The minimum atomic E-state index is -0.233. The van der Waals surface area contributed by atoms with Gasteiger partial charge in [0, 0.05) is 12.7 Å². The molecule has 0 unspecified atom stereocenters. The summed E-state index contributed by atoms with van der Waals surface area (Å²) in [6, 6.07) is 3.14. The average molecular weight is 237 g/mol. The van der Waals surface area contributed by atoms with E-state index in [9.17, 15) is 4.39 Å². The highest BCUT2D eigenvalue weighted by molar-refractivity contribution is 5.73. The second-order valence-electron chi connectivity index (χ2n) is 4.24. The van der Waals surface area contributed by atoms with Crippen molar-refractivity contribution < 1.29 is 13.5 Å². The van der Waals surface area contributed by atoms with Crippen LogP contribution in [0.1, 0.15) is 38.1 Å². The maximum Gasteiger partial charge on any atom is 0.221 e. The lowest BCUT2D eigenvalue weighted by Gasteiger charge is -2.05. The van der Waals surface area contributed by atoms with Crippen molar-refractivity contribution in [1.29, 1.82) is 0 Å². The SMILES string of the molecule is CCOCc1nc2cc(F)c(C(C)C)cc2o1. The maximum absolute atomic E-state index is 13.7. The zero-order chi connectivity index (χ0) is 12.4. The van der Waals surface area contributed by atoms with Gasteiger partial charge in [0.15, 0.2) is 5.58 Å². The predicted molar refractivity (Wildman–Crippen MR) is 63.4 cm³/mol. The molecule has 17 heavy (non-hydrogen) atoms.